The topological polar surface area (TPSA) is 60.9 Å². The average Bonchev–Trinajstić information content (AvgIpc) is 2.77. The summed E-state index contributed by atoms with van der Waals surface area (Å²) < 4.78 is 0. The summed E-state index contributed by atoms with van der Waals surface area (Å²) in [5.41, 5.74) is 2.51. The molecule has 1 N–H and O–H groups in total. The molecule has 1 aromatic rings. The second kappa shape index (κ2) is 7.56. The van der Waals surface area contributed by atoms with E-state index in [1.165, 1.54) is 24.0 Å². The van der Waals surface area contributed by atoms with Crippen LogP contribution in [0.3, 0.4) is 0 Å². The molecule has 1 fully saturated rings. The van der Waals surface area contributed by atoms with E-state index in [4.69, 9.17) is 5.11 Å². The Morgan fingerprint density at radius 3 is 2.64 bits per heavy atom. The smallest absolute Gasteiger partial charge is 0.303 e. The maximum absolute atomic E-state index is 12.7. The lowest BCUT2D eigenvalue weighted by atomic mass is 9.81. The second-order valence-corrected chi connectivity index (χ2v) is 7.35. The zero-order valence-corrected chi connectivity index (χ0v) is 15.0. The Morgan fingerprint density at radius 2 is 1.92 bits per heavy atom. The van der Waals surface area contributed by atoms with Crippen molar-refractivity contribution in [1.29, 1.82) is 0 Å². The van der Waals surface area contributed by atoms with Crippen molar-refractivity contribution in [3.63, 3.8) is 0 Å². The zero-order valence-electron chi connectivity index (χ0n) is 15.0. The summed E-state index contributed by atoms with van der Waals surface area (Å²) >= 11 is 0. The lowest BCUT2D eigenvalue weighted by Crippen LogP contribution is -2.59. The van der Waals surface area contributed by atoms with Gasteiger partial charge in [-0.15, -0.1) is 0 Å². The molecule has 1 spiro atoms. The molecule has 136 valence electrons. The van der Waals surface area contributed by atoms with Crippen LogP contribution in [-0.4, -0.2) is 52.0 Å². The van der Waals surface area contributed by atoms with Crippen molar-refractivity contribution in [3.8, 4) is 0 Å². The number of carbonyl (C=O) groups is 2. The number of hydrogen-bond acceptors (Lipinski definition) is 3. The van der Waals surface area contributed by atoms with Gasteiger partial charge in [-0.3, -0.25) is 14.5 Å². The van der Waals surface area contributed by atoms with Crippen LogP contribution < -0.4 is 0 Å². The highest BCUT2D eigenvalue weighted by Crippen LogP contribution is 2.36. The van der Waals surface area contributed by atoms with Crippen molar-refractivity contribution in [1.82, 2.24) is 9.80 Å². The Balaban J connectivity index is 1.91. The van der Waals surface area contributed by atoms with Gasteiger partial charge in [0.1, 0.15) is 0 Å². The van der Waals surface area contributed by atoms with Gasteiger partial charge < -0.3 is 10.0 Å². The molecular formula is C20H28N2O3. The first-order chi connectivity index (χ1) is 12.0. The van der Waals surface area contributed by atoms with Crippen LogP contribution >= 0.6 is 0 Å². The number of aliphatic carboxylic acids is 1. The Hall–Kier alpha value is -1.88. The molecule has 1 amide bonds. The fourth-order valence-corrected chi connectivity index (χ4v) is 4.48. The molecule has 2 heterocycles. The van der Waals surface area contributed by atoms with Crippen molar-refractivity contribution in [2.24, 2.45) is 0 Å². The number of rotatable bonds is 4. The Labute approximate surface area is 149 Å². The number of nitrogens with zero attached hydrogens (tertiary/aromatic N) is 2. The summed E-state index contributed by atoms with van der Waals surface area (Å²) in [6, 6.07) is 8.39. The zero-order chi connectivity index (χ0) is 17.9. The third-order valence-corrected chi connectivity index (χ3v) is 5.76. The highest BCUT2D eigenvalue weighted by Gasteiger charge is 2.42. The van der Waals surface area contributed by atoms with E-state index in [-0.39, 0.29) is 24.3 Å². The first-order valence-electron chi connectivity index (χ1n) is 9.35. The predicted molar refractivity (Wildman–Crippen MR) is 96.3 cm³/mol. The van der Waals surface area contributed by atoms with E-state index >= 15 is 0 Å². The predicted octanol–water partition coefficient (Wildman–Crippen LogP) is 2.68. The van der Waals surface area contributed by atoms with Crippen molar-refractivity contribution >= 4 is 11.9 Å². The summed E-state index contributed by atoms with van der Waals surface area (Å²) in [4.78, 5) is 28.0. The van der Waals surface area contributed by atoms with Gasteiger partial charge in [0.05, 0.1) is 6.42 Å². The minimum absolute atomic E-state index is 0.0154. The summed E-state index contributed by atoms with van der Waals surface area (Å²) in [7, 11) is 0. The first kappa shape index (κ1) is 17.9. The van der Waals surface area contributed by atoms with Crippen LogP contribution in [-0.2, 0) is 22.6 Å². The van der Waals surface area contributed by atoms with Crippen LogP contribution in [0.4, 0.5) is 0 Å². The largest absolute Gasteiger partial charge is 0.481 e. The van der Waals surface area contributed by atoms with Gasteiger partial charge in [-0.1, -0.05) is 37.6 Å². The summed E-state index contributed by atoms with van der Waals surface area (Å²) in [6.45, 7) is 5.55. The highest BCUT2D eigenvalue weighted by molar-refractivity contribution is 5.81. The van der Waals surface area contributed by atoms with Crippen LogP contribution in [0.1, 0.15) is 50.2 Å². The second-order valence-electron chi connectivity index (χ2n) is 7.35. The first-order valence-corrected chi connectivity index (χ1v) is 9.35. The SMILES string of the molecule is CCN1CCCCC12Cc1ccccc1CN(C(=O)CCC(=O)O)C2. The quantitative estimate of drug-likeness (QED) is 0.912. The molecule has 0 radical (unpaired) electrons. The Kier molecular flexibility index (Phi) is 5.42. The van der Waals surface area contributed by atoms with Crippen molar-refractivity contribution < 1.29 is 14.7 Å². The number of likely N-dealkylation sites (N-methyl/N-ethyl adjacent to an activating group) is 1. The third-order valence-electron chi connectivity index (χ3n) is 5.76. The molecule has 1 saturated heterocycles. The standard InChI is InChI=1S/C20H28N2O3/c1-2-22-12-6-5-11-20(22)13-16-7-3-4-8-17(16)14-21(15-20)18(23)9-10-19(24)25/h3-4,7-8H,2,5-6,9-15H2,1H3,(H,24,25). The molecule has 1 aromatic carbocycles. The van der Waals surface area contributed by atoms with Crippen LogP contribution in [0.2, 0.25) is 0 Å². The van der Waals surface area contributed by atoms with Crippen LogP contribution in [0, 0.1) is 0 Å². The van der Waals surface area contributed by atoms with E-state index in [0.29, 0.717) is 13.1 Å². The molecule has 2 aliphatic rings. The number of hydrogen-bond donors (Lipinski definition) is 1. The van der Waals surface area contributed by atoms with Crippen LogP contribution in [0.25, 0.3) is 0 Å². The molecule has 0 aliphatic carbocycles. The van der Waals surface area contributed by atoms with Crippen molar-refractivity contribution in [2.45, 2.75) is 57.5 Å². The third kappa shape index (κ3) is 3.87. The van der Waals surface area contributed by atoms with Crippen molar-refractivity contribution in [3.05, 3.63) is 35.4 Å². The normalized spacial score (nSPS) is 24.0. The number of carbonyl (C=O) groups excluding carboxylic acids is 1. The van der Waals surface area contributed by atoms with Gasteiger partial charge >= 0.3 is 5.97 Å². The number of amides is 1. The lowest BCUT2D eigenvalue weighted by Gasteiger charge is -2.48. The van der Waals surface area contributed by atoms with E-state index in [0.717, 1.165) is 25.9 Å². The van der Waals surface area contributed by atoms with E-state index in [1.54, 1.807) is 0 Å². The lowest BCUT2D eigenvalue weighted by molar-refractivity contribution is -0.142. The Bertz CT molecular complexity index is 646. The van der Waals surface area contributed by atoms with Gasteiger partial charge in [0.15, 0.2) is 0 Å². The molecule has 5 heteroatoms. The number of carboxylic acids is 1. The molecular weight excluding hydrogens is 316 g/mol. The molecule has 3 rings (SSSR count). The molecule has 0 aromatic heterocycles. The minimum atomic E-state index is -0.911. The maximum Gasteiger partial charge on any atom is 0.303 e. The number of fused-ring (bicyclic) bond motifs is 1. The minimum Gasteiger partial charge on any atom is -0.481 e. The molecule has 2 aliphatic heterocycles. The number of likely N-dealkylation sites (tertiary alicyclic amines) is 1. The molecule has 25 heavy (non-hydrogen) atoms. The van der Waals surface area contributed by atoms with Gasteiger partial charge in [-0.05, 0) is 43.5 Å². The van der Waals surface area contributed by atoms with Crippen LogP contribution in [0.5, 0.6) is 0 Å². The van der Waals surface area contributed by atoms with Gasteiger partial charge in [0.25, 0.3) is 0 Å². The summed E-state index contributed by atoms with van der Waals surface area (Å²) in [5, 5.41) is 8.92. The monoisotopic (exact) mass is 344 g/mol. The fourth-order valence-electron chi connectivity index (χ4n) is 4.48. The van der Waals surface area contributed by atoms with Gasteiger partial charge in [0, 0.05) is 25.0 Å². The maximum atomic E-state index is 12.7. The molecule has 1 atom stereocenters. The number of benzene rings is 1. The molecule has 5 nitrogen and oxygen atoms in total. The molecule has 0 bridgehead atoms. The Morgan fingerprint density at radius 1 is 1.16 bits per heavy atom. The van der Waals surface area contributed by atoms with Crippen LogP contribution in [0.15, 0.2) is 24.3 Å². The fraction of sp³-hybridized carbons (Fsp3) is 0.600. The van der Waals surface area contributed by atoms with Gasteiger partial charge in [-0.25, -0.2) is 0 Å². The van der Waals surface area contributed by atoms with Gasteiger partial charge in [0.2, 0.25) is 5.91 Å². The van der Waals surface area contributed by atoms with E-state index in [2.05, 4.69) is 30.0 Å². The molecule has 0 saturated carbocycles. The van der Waals surface area contributed by atoms with Crippen molar-refractivity contribution in [2.75, 3.05) is 19.6 Å². The van der Waals surface area contributed by atoms with Gasteiger partial charge in [-0.2, -0.15) is 0 Å². The number of piperidine rings is 1. The summed E-state index contributed by atoms with van der Waals surface area (Å²) in [6.07, 6.45) is 4.46. The van der Waals surface area contributed by atoms with E-state index < -0.39 is 5.97 Å². The average molecular weight is 344 g/mol. The molecule has 1 unspecified atom stereocenters. The van der Waals surface area contributed by atoms with E-state index in [9.17, 15) is 9.59 Å². The number of carboxylic acid groups (broad SMARTS) is 1. The highest BCUT2D eigenvalue weighted by atomic mass is 16.4. The summed E-state index contributed by atoms with van der Waals surface area (Å²) in [5.74, 6) is -0.953. The van der Waals surface area contributed by atoms with E-state index in [1.807, 2.05) is 11.0 Å².